The first-order valence-electron chi connectivity index (χ1n) is 5.64. The molecule has 0 radical (unpaired) electrons. The maximum absolute atomic E-state index is 11.1. The third-order valence-electron chi connectivity index (χ3n) is 2.49. The minimum atomic E-state index is -2.89. The fourth-order valence-electron chi connectivity index (χ4n) is 1.42. The third-order valence-corrected chi connectivity index (χ3v) is 4.86. The van der Waals surface area contributed by atoms with Crippen LogP contribution in [0.1, 0.15) is 6.42 Å². The highest BCUT2D eigenvalue weighted by Gasteiger charge is 2.11. The van der Waals surface area contributed by atoms with Gasteiger partial charge in [-0.15, -0.1) is 11.8 Å². The Morgan fingerprint density at radius 2 is 2.17 bits per heavy atom. The van der Waals surface area contributed by atoms with E-state index in [1.54, 1.807) is 11.8 Å². The van der Waals surface area contributed by atoms with Gasteiger partial charge in [-0.2, -0.15) is 0 Å². The molecule has 1 N–H and O–H groups in total. The Morgan fingerprint density at radius 3 is 2.72 bits per heavy atom. The lowest BCUT2D eigenvalue weighted by atomic mass is 10.3. The molecule has 0 amide bonds. The van der Waals surface area contributed by atoms with Crippen molar-refractivity contribution in [2.45, 2.75) is 17.4 Å². The summed E-state index contributed by atoms with van der Waals surface area (Å²) in [5, 5.41) is 3.86. The SMILES string of the molecule is CNC(CCS(C)(=O)=O)CSc1cccc(Cl)c1. The fraction of sp³-hybridized carbons (Fsp3) is 0.500. The van der Waals surface area contributed by atoms with Crippen molar-refractivity contribution >= 4 is 33.2 Å². The lowest BCUT2D eigenvalue weighted by Gasteiger charge is -2.15. The van der Waals surface area contributed by atoms with Crippen LogP contribution in [0.3, 0.4) is 0 Å². The molecule has 1 unspecified atom stereocenters. The molecule has 1 aromatic rings. The van der Waals surface area contributed by atoms with Crippen LogP contribution in [0.5, 0.6) is 0 Å². The second-order valence-corrected chi connectivity index (χ2v) is 7.96. The van der Waals surface area contributed by atoms with Crippen molar-refractivity contribution in [1.82, 2.24) is 5.32 Å². The highest BCUT2D eigenvalue weighted by Crippen LogP contribution is 2.22. The summed E-state index contributed by atoms with van der Waals surface area (Å²) in [6.45, 7) is 0. The smallest absolute Gasteiger partial charge is 0.147 e. The lowest BCUT2D eigenvalue weighted by molar-refractivity contribution is 0.573. The quantitative estimate of drug-likeness (QED) is 0.786. The number of thioether (sulfide) groups is 1. The Morgan fingerprint density at radius 1 is 1.44 bits per heavy atom. The largest absolute Gasteiger partial charge is 0.316 e. The molecular weight excluding hydrogens is 290 g/mol. The Balaban J connectivity index is 2.44. The van der Waals surface area contributed by atoms with Crippen LogP contribution in [-0.2, 0) is 9.84 Å². The van der Waals surface area contributed by atoms with Gasteiger partial charge in [0.1, 0.15) is 9.84 Å². The number of hydrogen-bond donors (Lipinski definition) is 1. The van der Waals surface area contributed by atoms with Gasteiger partial charge in [0, 0.05) is 28.0 Å². The number of sulfone groups is 1. The molecule has 18 heavy (non-hydrogen) atoms. The number of nitrogens with one attached hydrogen (secondary N) is 1. The van der Waals surface area contributed by atoms with E-state index in [-0.39, 0.29) is 11.8 Å². The van der Waals surface area contributed by atoms with Crippen LogP contribution in [0.2, 0.25) is 5.02 Å². The first-order chi connectivity index (χ1) is 8.40. The van der Waals surface area contributed by atoms with Crippen molar-refractivity contribution < 1.29 is 8.42 Å². The molecule has 1 rings (SSSR count). The minimum Gasteiger partial charge on any atom is -0.316 e. The molecule has 0 saturated heterocycles. The van der Waals surface area contributed by atoms with Crippen LogP contribution >= 0.6 is 23.4 Å². The number of rotatable bonds is 7. The topological polar surface area (TPSA) is 46.2 Å². The Labute approximate surface area is 118 Å². The van der Waals surface area contributed by atoms with Crippen LogP contribution in [0.4, 0.5) is 0 Å². The summed E-state index contributed by atoms with van der Waals surface area (Å²) in [5.74, 6) is 1.04. The summed E-state index contributed by atoms with van der Waals surface area (Å²) in [6.07, 6.45) is 1.90. The molecule has 0 fully saturated rings. The standard InChI is InChI=1S/C12H18ClNO2S2/c1-14-11(6-7-18(2,15)16)9-17-12-5-3-4-10(13)8-12/h3-5,8,11,14H,6-7,9H2,1-2H3. The summed E-state index contributed by atoms with van der Waals surface area (Å²) < 4.78 is 22.2. The van der Waals surface area contributed by atoms with E-state index in [0.29, 0.717) is 6.42 Å². The molecule has 0 aliphatic heterocycles. The molecule has 0 bridgehead atoms. The first-order valence-corrected chi connectivity index (χ1v) is 9.06. The van der Waals surface area contributed by atoms with E-state index in [1.807, 2.05) is 31.3 Å². The zero-order valence-electron chi connectivity index (χ0n) is 10.5. The highest BCUT2D eigenvalue weighted by atomic mass is 35.5. The molecule has 1 aromatic carbocycles. The predicted octanol–water partition coefficient (Wildman–Crippen LogP) is 2.45. The third kappa shape index (κ3) is 6.64. The van der Waals surface area contributed by atoms with Crippen LogP contribution in [0.15, 0.2) is 29.2 Å². The van der Waals surface area contributed by atoms with Crippen molar-refractivity contribution in [3.05, 3.63) is 29.3 Å². The van der Waals surface area contributed by atoms with E-state index >= 15 is 0 Å². The van der Waals surface area contributed by atoms with Crippen molar-refractivity contribution in [1.29, 1.82) is 0 Å². The van der Waals surface area contributed by atoms with Gasteiger partial charge in [0.25, 0.3) is 0 Å². The van der Waals surface area contributed by atoms with Crippen molar-refractivity contribution in [2.75, 3.05) is 24.8 Å². The molecular formula is C12H18ClNO2S2. The van der Waals surface area contributed by atoms with Crippen LogP contribution in [0, 0.1) is 0 Å². The molecule has 0 saturated carbocycles. The average molecular weight is 308 g/mol. The van der Waals surface area contributed by atoms with Gasteiger partial charge in [-0.25, -0.2) is 8.42 Å². The van der Waals surface area contributed by atoms with Gasteiger partial charge in [0.15, 0.2) is 0 Å². The van der Waals surface area contributed by atoms with Crippen LogP contribution in [0.25, 0.3) is 0 Å². The van der Waals surface area contributed by atoms with E-state index in [9.17, 15) is 8.42 Å². The Hall–Kier alpha value is -0.230. The summed E-state index contributed by atoms with van der Waals surface area (Å²) in [7, 11) is -1.04. The van der Waals surface area contributed by atoms with Crippen molar-refractivity contribution in [3.63, 3.8) is 0 Å². The molecule has 0 aliphatic rings. The molecule has 0 spiro atoms. The second-order valence-electron chi connectivity index (χ2n) is 4.17. The Bertz CT molecular complexity index is 477. The normalized spacial score (nSPS) is 13.5. The predicted molar refractivity (Wildman–Crippen MR) is 79.4 cm³/mol. The van der Waals surface area contributed by atoms with E-state index in [4.69, 9.17) is 11.6 Å². The number of hydrogen-bond acceptors (Lipinski definition) is 4. The molecule has 102 valence electrons. The maximum atomic E-state index is 11.1. The summed E-state index contributed by atoms with van der Waals surface area (Å²) in [4.78, 5) is 1.10. The van der Waals surface area contributed by atoms with Gasteiger partial charge in [0.2, 0.25) is 0 Å². The maximum Gasteiger partial charge on any atom is 0.147 e. The van der Waals surface area contributed by atoms with Crippen LogP contribution < -0.4 is 5.32 Å². The molecule has 3 nitrogen and oxygen atoms in total. The summed E-state index contributed by atoms with van der Waals surface area (Å²) in [6, 6.07) is 7.85. The molecule has 6 heteroatoms. The zero-order valence-corrected chi connectivity index (χ0v) is 12.9. The van der Waals surface area contributed by atoms with Gasteiger partial charge in [-0.3, -0.25) is 0 Å². The minimum absolute atomic E-state index is 0.184. The average Bonchev–Trinajstić information content (AvgIpc) is 2.28. The van der Waals surface area contributed by atoms with Crippen LogP contribution in [-0.4, -0.2) is 39.3 Å². The second kappa shape index (κ2) is 7.38. The van der Waals surface area contributed by atoms with E-state index in [1.165, 1.54) is 6.26 Å². The van der Waals surface area contributed by atoms with Crippen molar-refractivity contribution in [3.8, 4) is 0 Å². The van der Waals surface area contributed by atoms with Gasteiger partial charge in [0.05, 0.1) is 5.75 Å². The molecule has 1 atom stereocenters. The number of benzene rings is 1. The number of halogens is 1. The summed E-state index contributed by atoms with van der Waals surface area (Å²) >= 11 is 7.58. The highest BCUT2D eigenvalue weighted by molar-refractivity contribution is 7.99. The van der Waals surface area contributed by atoms with E-state index in [2.05, 4.69) is 5.32 Å². The fourth-order valence-corrected chi connectivity index (χ4v) is 3.50. The molecule has 0 heterocycles. The molecule has 0 aliphatic carbocycles. The van der Waals surface area contributed by atoms with E-state index in [0.717, 1.165) is 15.7 Å². The lowest BCUT2D eigenvalue weighted by Crippen LogP contribution is -2.30. The van der Waals surface area contributed by atoms with Gasteiger partial charge < -0.3 is 5.32 Å². The van der Waals surface area contributed by atoms with Gasteiger partial charge in [-0.05, 0) is 31.7 Å². The monoisotopic (exact) mass is 307 g/mol. The first kappa shape index (κ1) is 15.8. The Kier molecular flexibility index (Phi) is 6.49. The van der Waals surface area contributed by atoms with E-state index < -0.39 is 9.84 Å². The van der Waals surface area contributed by atoms with Crippen molar-refractivity contribution in [2.24, 2.45) is 0 Å². The molecule has 0 aromatic heterocycles. The summed E-state index contributed by atoms with van der Waals surface area (Å²) in [5.41, 5.74) is 0. The van der Waals surface area contributed by atoms with Gasteiger partial charge >= 0.3 is 0 Å². The van der Waals surface area contributed by atoms with Gasteiger partial charge in [-0.1, -0.05) is 17.7 Å². The zero-order chi connectivity index (χ0) is 13.6.